The standard InChI is InChI=1S/C17H21N5O/c1-12-18-19-20-22(12)16(10-13-5-3-2-4-6-13)17(23)21-11-14-7-8-15(21)9-14/h2-6,14-16H,7-11H2,1H3. The molecular formula is C17H21N5O. The average Bonchev–Trinajstić information content (AvgIpc) is 3.30. The minimum Gasteiger partial charge on any atom is -0.338 e. The van der Waals surface area contributed by atoms with E-state index in [1.807, 2.05) is 25.1 Å². The Labute approximate surface area is 135 Å². The van der Waals surface area contributed by atoms with Crippen LogP contribution in [0.1, 0.15) is 36.7 Å². The maximum atomic E-state index is 13.2. The highest BCUT2D eigenvalue weighted by Gasteiger charge is 2.42. The first-order valence-corrected chi connectivity index (χ1v) is 8.31. The van der Waals surface area contributed by atoms with Gasteiger partial charge in [-0.15, -0.1) is 5.10 Å². The number of fused-ring (bicyclic) bond motifs is 2. The van der Waals surface area contributed by atoms with Crippen molar-refractivity contribution < 1.29 is 4.79 Å². The average molecular weight is 311 g/mol. The van der Waals surface area contributed by atoms with Crippen LogP contribution in [0.5, 0.6) is 0 Å². The summed E-state index contributed by atoms with van der Waals surface area (Å²) in [6.45, 7) is 2.75. The van der Waals surface area contributed by atoms with Gasteiger partial charge in [-0.1, -0.05) is 30.3 Å². The Balaban J connectivity index is 1.62. The predicted octanol–water partition coefficient (Wildman–Crippen LogP) is 1.78. The van der Waals surface area contributed by atoms with E-state index in [-0.39, 0.29) is 11.9 Å². The van der Waals surface area contributed by atoms with Crippen molar-refractivity contribution in [3.63, 3.8) is 0 Å². The molecule has 1 saturated heterocycles. The summed E-state index contributed by atoms with van der Waals surface area (Å²) in [5, 5.41) is 11.8. The van der Waals surface area contributed by atoms with Gasteiger partial charge in [0.1, 0.15) is 11.9 Å². The van der Waals surface area contributed by atoms with Gasteiger partial charge >= 0.3 is 0 Å². The first kappa shape index (κ1) is 14.4. The van der Waals surface area contributed by atoms with E-state index in [1.165, 1.54) is 12.8 Å². The molecule has 0 radical (unpaired) electrons. The molecule has 2 aromatic rings. The van der Waals surface area contributed by atoms with Crippen LogP contribution in [-0.4, -0.2) is 43.6 Å². The molecule has 1 aromatic carbocycles. The molecule has 1 saturated carbocycles. The van der Waals surface area contributed by atoms with Crippen LogP contribution in [-0.2, 0) is 11.2 Å². The summed E-state index contributed by atoms with van der Waals surface area (Å²) in [5.74, 6) is 1.54. The number of rotatable bonds is 4. The molecule has 3 unspecified atom stereocenters. The molecule has 2 heterocycles. The van der Waals surface area contributed by atoms with E-state index in [9.17, 15) is 4.79 Å². The Hall–Kier alpha value is -2.24. The molecule has 1 aliphatic carbocycles. The fraction of sp³-hybridized carbons (Fsp3) is 0.529. The van der Waals surface area contributed by atoms with Gasteiger partial charge in [0, 0.05) is 19.0 Å². The fourth-order valence-electron chi connectivity index (χ4n) is 4.03. The zero-order valence-corrected chi connectivity index (χ0v) is 13.3. The van der Waals surface area contributed by atoms with Crippen molar-refractivity contribution in [3.05, 3.63) is 41.7 Å². The number of nitrogens with zero attached hydrogens (tertiary/aromatic N) is 5. The normalized spacial score (nSPS) is 24.1. The van der Waals surface area contributed by atoms with Gasteiger partial charge in [0.05, 0.1) is 0 Å². The third-order valence-electron chi connectivity index (χ3n) is 5.20. The molecule has 120 valence electrons. The van der Waals surface area contributed by atoms with Gasteiger partial charge in [0.15, 0.2) is 0 Å². The number of amides is 1. The minimum absolute atomic E-state index is 0.163. The molecule has 23 heavy (non-hydrogen) atoms. The van der Waals surface area contributed by atoms with E-state index in [0.29, 0.717) is 24.2 Å². The summed E-state index contributed by atoms with van der Waals surface area (Å²) in [6, 6.07) is 10.2. The Morgan fingerprint density at radius 3 is 2.74 bits per heavy atom. The maximum absolute atomic E-state index is 13.2. The van der Waals surface area contributed by atoms with Crippen LogP contribution in [0.2, 0.25) is 0 Å². The third kappa shape index (κ3) is 2.62. The molecule has 3 atom stereocenters. The third-order valence-corrected chi connectivity index (χ3v) is 5.20. The van der Waals surface area contributed by atoms with E-state index in [4.69, 9.17) is 0 Å². The summed E-state index contributed by atoms with van der Waals surface area (Å²) in [5.41, 5.74) is 1.13. The van der Waals surface area contributed by atoms with Crippen molar-refractivity contribution in [2.75, 3.05) is 6.54 Å². The topological polar surface area (TPSA) is 63.9 Å². The molecule has 2 aliphatic rings. The Bertz CT molecular complexity index is 698. The highest BCUT2D eigenvalue weighted by atomic mass is 16.2. The van der Waals surface area contributed by atoms with Crippen LogP contribution in [0.3, 0.4) is 0 Å². The molecule has 0 N–H and O–H groups in total. The Kier molecular flexibility index (Phi) is 3.59. The van der Waals surface area contributed by atoms with Gasteiger partial charge in [-0.2, -0.15) is 0 Å². The number of aromatic nitrogens is 4. The first-order valence-electron chi connectivity index (χ1n) is 8.31. The molecule has 6 nitrogen and oxygen atoms in total. The SMILES string of the molecule is Cc1nnnn1C(Cc1ccccc1)C(=O)N1CC2CCC1C2. The molecule has 0 spiro atoms. The second-order valence-corrected chi connectivity index (χ2v) is 6.70. The van der Waals surface area contributed by atoms with Crippen LogP contribution >= 0.6 is 0 Å². The van der Waals surface area contributed by atoms with E-state index in [0.717, 1.165) is 18.5 Å². The molecule has 1 amide bonds. The molecule has 2 bridgehead atoms. The minimum atomic E-state index is -0.355. The number of carbonyl (C=O) groups excluding carboxylic acids is 1. The molecule has 2 fully saturated rings. The van der Waals surface area contributed by atoms with Crippen molar-refractivity contribution >= 4 is 5.91 Å². The summed E-state index contributed by atoms with van der Waals surface area (Å²) < 4.78 is 1.68. The number of likely N-dealkylation sites (tertiary alicyclic amines) is 1. The summed E-state index contributed by atoms with van der Waals surface area (Å²) >= 11 is 0. The van der Waals surface area contributed by atoms with Gasteiger partial charge in [-0.05, 0) is 48.1 Å². The number of aryl methyl sites for hydroxylation is 1. The number of tetrazole rings is 1. The van der Waals surface area contributed by atoms with E-state index in [2.05, 4.69) is 32.6 Å². The molecule has 1 aromatic heterocycles. The second-order valence-electron chi connectivity index (χ2n) is 6.70. The lowest BCUT2D eigenvalue weighted by molar-refractivity contribution is -0.136. The van der Waals surface area contributed by atoms with E-state index >= 15 is 0 Å². The maximum Gasteiger partial charge on any atom is 0.248 e. The quantitative estimate of drug-likeness (QED) is 0.863. The number of carbonyl (C=O) groups is 1. The van der Waals surface area contributed by atoms with Crippen molar-refractivity contribution in [1.82, 2.24) is 25.1 Å². The van der Waals surface area contributed by atoms with Gasteiger partial charge in [0.25, 0.3) is 0 Å². The molecule has 1 aliphatic heterocycles. The Morgan fingerprint density at radius 1 is 1.30 bits per heavy atom. The summed E-state index contributed by atoms with van der Waals surface area (Å²) in [6.07, 6.45) is 4.20. The van der Waals surface area contributed by atoms with Crippen LogP contribution in [0, 0.1) is 12.8 Å². The van der Waals surface area contributed by atoms with Gasteiger partial charge in [0.2, 0.25) is 5.91 Å². The summed E-state index contributed by atoms with van der Waals surface area (Å²) in [7, 11) is 0. The second kappa shape index (κ2) is 5.76. The van der Waals surface area contributed by atoms with Crippen molar-refractivity contribution in [2.24, 2.45) is 5.92 Å². The predicted molar refractivity (Wildman–Crippen MR) is 84.6 cm³/mol. The molecule has 6 heteroatoms. The van der Waals surface area contributed by atoms with Crippen LogP contribution in [0.25, 0.3) is 0 Å². The van der Waals surface area contributed by atoms with Gasteiger partial charge in [-0.25, -0.2) is 4.68 Å². The monoisotopic (exact) mass is 311 g/mol. The highest BCUT2D eigenvalue weighted by molar-refractivity contribution is 5.81. The van der Waals surface area contributed by atoms with Gasteiger partial charge in [-0.3, -0.25) is 4.79 Å². The Morgan fingerprint density at radius 2 is 2.13 bits per heavy atom. The zero-order chi connectivity index (χ0) is 15.8. The summed E-state index contributed by atoms with van der Waals surface area (Å²) in [4.78, 5) is 15.3. The zero-order valence-electron chi connectivity index (χ0n) is 13.3. The number of piperidine rings is 1. The van der Waals surface area contributed by atoms with E-state index in [1.54, 1.807) is 4.68 Å². The van der Waals surface area contributed by atoms with E-state index < -0.39 is 0 Å². The lowest BCUT2D eigenvalue weighted by Crippen LogP contribution is -2.43. The van der Waals surface area contributed by atoms with Crippen LogP contribution in [0.4, 0.5) is 0 Å². The number of hydrogen-bond donors (Lipinski definition) is 0. The van der Waals surface area contributed by atoms with Crippen LogP contribution < -0.4 is 0 Å². The van der Waals surface area contributed by atoms with Crippen molar-refractivity contribution in [3.8, 4) is 0 Å². The fourth-order valence-corrected chi connectivity index (χ4v) is 4.03. The van der Waals surface area contributed by atoms with Crippen LogP contribution in [0.15, 0.2) is 30.3 Å². The van der Waals surface area contributed by atoms with Gasteiger partial charge < -0.3 is 4.90 Å². The smallest absolute Gasteiger partial charge is 0.248 e. The lowest BCUT2D eigenvalue weighted by Gasteiger charge is -2.31. The lowest BCUT2D eigenvalue weighted by atomic mass is 10.0. The van der Waals surface area contributed by atoms with Crippen molar-refractivity contribution in [2.45, 2.75) is 44.7 Å². The first-order chi connectivity index (χ1) is 11.2. The number of hydrogen-bond acceptors (Lipinski definition) is 4. The largest absolute Gasteiger partial charge is 0.338 e. The van der Waals surface area contributed by atoms with Crippen molar-refractivity contribution in [1.29, 1.82) is 0 Å². The number of benzene rings is 1. The molecular weight excluding hydrogens is 290 g/mol. The highest BCUT2D eigenvalue weighted by Crippen LogP contribution is 2.38. The molecule has 4 rings (SSSR count).